The molecule has 2 N–H and O–H groups in total. The molecule has 0 fully saturated rings. The summed E-state index contributed by atoms with van der Waals surface area (Å²) in [5, 5.41) is 13.9. The predicted molar refractivity (Wildman–Crippen MR) is 72.3 cm³/mol. The largest absolute Gasteiger partial charge is 0.496 e. The van der Waals surface area contributed by atoms with Gasteiger partial charge in [-0.15, -0.1) is 0 Å². The second-order valence-corrected chi connectivity index (χ2v) is 4.85. The van der Waals surface area contributed by atoms with Crippen molar-refractivity contribution in [1.29, 1.82) is 0 Å². The van der Waals surface area contributed by atoms with Crippen molar-refractivity contribution >= 4 is 0 Å². The average molecular weight is 253 g/mol. The zero-order valence-corrected chi connectivity index (χ0v) is 11.8. The summed E-state index contributed by atoms with van der Waals surface area (Å²) in [6, 6.07) is 5.79. The van der Waals surface area contributed by atoms with Gasteiger partial charge >= 0.3 is 0 Å². The quantitative estimate of drug-likeness (QED) is 0.813. The van der Waals surface area contributed by atoms with E-state index in [1.54, 1.807) is 21.1 Å². The molecule has 1 aromatic rings. The minimum absolute atomic E-state index is 0.303. The first-order chi connectivity index (χ1) is 8.42. The number of benzene rings is 1. The molecule has 0 saturated carbocycles. The summed E-state index contributed by atoms with van der Waals surface area (Å²) in [6.07, 6.45) is 0. The van der Waals surface area contributed by atoms with E-state index in [2.05, 4.69) is 5.32 Å². The van der Waals surface area contributed by atoms with E-state index < -0.39 is 5.60 Å². The van der Waals surface area contributed by atoms with Gasteiger partial charge in [0, 0.05) is 12.6 Å². The van der Waals surface area contributed by atoms with Crippen molar-refractivity contribution in [2.75, 3.05) is 20.8 Å². The Morgan fingerprint density at radius 3 is 2.11 bits per heavy atom. The van der Waals surface area contributed by atoms with Crippen LogP contribution in [0.3, 0.4) is 0 Å². The van der Waals surface area contributed by atoms with Crippen LogP contribution in [0, 0.1) is 0 Å². The second-order valence-electron chi connectivity index (χ2n) is 4.85. The molecule has 0 radical (unpaired) electrons. The molecule has 0 spiro atoms. The highest BCUT2D eigenvalue weighted by atomic mass is 16.5. The number of ether oxygens (including phenoxy) is 2. The van der Waals surface area contributed by atoms with Crippen molar-refractivity contribution in [2.45, 2.75) is 32.4 Å². The maximum absolute atomic E-state index is 10.6. The van der Waals surface area contributed by atoms with E-state index in [1.165, 1.54) is 0 Å². The molecule has 0 amide bonds. The summed E-state index contributed by atoms with van der Waals surface area (Å²) in [4.78, 5) is 0. The van der Waals surface area contributed by atoms with Crippen molar-refractivity contribution in [3.63, 3.8) is 0 Å². The van der Waals surface area contributed by atoms with Gasteiger partial charge in [0.2, 0.25) is 0 Å². The number of nitrogens with one attached hydrogen (secondary N) is 1. The molecule has 0 bridgehead atoms. The van der Waals surface area contributed by atoms with Crippen LogP contribution in [0.2, 0.25) is 0 Å². The third-order valence-electron chi connectivity index (χ3n) is 2.82. The molecule has 102 valence electrons. The van der Waals surface area contributed by atoms with Crippen LogP contribution in [0.1, 0.15) is 26.3 Å². The topological polar surface area (TPSA) is 50.7 Å². The van der Waals surface area contributed by atoms with Crippen molar-refractivity contribution in [1.82, 2.24) is 5.32 Å². The number of methoxy groups -OCH3 is 2. The molecule has 1 atom stereocenters. The minimum atomic E-state index is -1.05. The zero-order chi connectivity index (χ0) is 13.8. The first-order valence-electron chi connectivity index (χ1n) is 6.09. The SMILES string of the molecule is COc1cccc(OC)c1C(C)(O)CNC(C)C. The molecule has 0 saturated heterocycles. The smallest absolute Gasteiger partial charge is 0.128 e. The van der Waals surface area contributed by atoms with E-state index in [0.717, 1.165) is 0 Å². The number of hydrogen-bond donors (Lipinski definition) is 2. The van der Waals surface area contributed by atoms with Crippen LogP contribution in [-0.2, 0) is 5.60 Å². The Kier molecular flexibility index (Phi) is 4.99. The maximum atomic E-state index is 10.6. The normalized spacial score (nSPS) is 14.4. The van der Waals surface area contributed by atoms with Gasteiger partial charge < -0.3 is 19.9 Å². The summed E-state index contributed by atoms with van der Waals surface area (Å²) >= 11 is 0. The molecule has 0 aliphatic heterocycles. The highest BCUT2D eigenvalue weighted by Gasteiger charge is 2.30. The Labute approximate surface area is 109 Å². The van der Waals surface area contributed by atoms with Crippen LogP contribution >= 0.6 is 0 Å². The Balaban J connectivity index is 3.12. The fraction of sp³-hybridized carbons (Fsp3) is 0.571. The predicted octanol–water partition coefficient (Wildman–Crippen LogP) is 1.91. The molecule has 4 nitrogen and oxygen atoms in total. The van der Waals surface area contributed by atoms with Gasteiger partial charge in [0.15, 0.2) is 0 Å². The van der Waals surface area contributed by atoms with Gasteiger partial charge in [-0.3, -0.25) is 0 Å². The molecule has 0 heterocycles. The average Bonchev–Trinajstić information content (AvgIpc) is 2.35. The summed E-state index contributed by atoms with van der Waals surface area (Å²) < 4.78 is 10.6. The molecule has 0 aliphatic carbocycles. The third-order valence-corrected chi connectivity index (χ3v) is 2.82. The standard InChI is InChI=1S/C14H23NO3/c1-10(2)15-9-14(3,16)13-11(17-4)7-6-8-12(13)18-5/h6-8,10,15-16H,9H2,1-5H3. The summed E-state index contributed by atoms with van der Waals surface area (Å²) in [5.74, 6) is 1.26. The van der Waals surface area contributed by atoms with E-state index in [9.17, 15) is 5.11 Å². The van der Waals surface area contributed by atoms with Gasteiger partial charge in [-0.2, -0.15) is 0 Å². The number of hydrogen-bond acceptors (Lipinski definition) is 4. The van der Waals surface area contributed by atoms with Gasteiger partial charge in [0.05, 0.1) is 19.8 Å². The third kappa shape index (κ3) is 3.37. The van der Waals surface area contributed by atoms with Crippen LogP contribution in [0.5, 0.6) is 11.5 Å². The Morgan fingerprint density at radius 1 is 1.22 bits per heavy atom. The molecular weight excluding hydrogens is 230 g/mol. The van der Waals surface area contributed by atoms with E-state index in [0.29, 0.717) is 29.6 Å². The molecular formula is C14H23NO3. The van der Waals surface area contributed by atoms with Crippen LogP contribution in [0.4, 0.5) is 0 Å². The van der Waals surface area contributed by atoms with E-state index in [-0.39, 0.29) is 0 Å². The van der Waals surface area contributed by atoms with Crippen molar-refractivity contribution < 1.29 is 14.6 Å². The summed E-state index contributed by atoms with van der Waals surface area (Å²) in [5.41, 5.74) is -0.384. The van der Waals surface area contributed by atoms with Crippen molar-refractivity contribution in [3.05, 3.63) is 23.8 Å². The van der Waals surface area contributed by atoms with Crippen LogP contribution in [0.25, 0.3) is 0 Å². The Morgan fingerprint density at radius 2 is 1.72 bits per heavy atom. The molecule has 18 heavy (non-hydrogen) atoms. The lowest BCUT2D eigenvalue weighted by molar-refractivity contribution is 0.0497. The monoisotopic (exact) mass is 253 g/mol. The molecule has 1 rings (SSSR count). The second kappa shape index (κ2) is 6.07. The highest BCUT2D eigenvalue weighted by Crippen LogP contribution is 2.37. The molecule has 1 aromatic carbocycles. The Hall–Kier alpha value is -1.26. The number of aliphatic hydroxyl groups is 1. The van der Waals surface area contributed by atoms with Gasteiger partial charge in [-0.1, -0.05) is 19.9 Å². The molecule has 0 aliphatic rings. The fourth-order valence-corrected chi connectivity index (χ4v) is 1.87. The maximum Gasteiger partial charge on any atom is 0.128 e. The van der Waals surface area contributed by atoms with Crippen LogP contribution in [0.15, 0.2) is 18.2 Å². The fourth-order valence-electron chi connectivity index (χ4n) is 1.87. The lowest BCUT2D eigenvalue weighted by Crippen LogP contribution is -2.39. The number of rotatable bonds is 6. The molecule has 4 heteroatoms. The minimum Gasteiger partial charge on any atom is -0.496 e. The van der Waals surface area contributed by atoms with E-state index in [4.69, 9.17) is 9.47 Å². The van der Waals surface area contributed by atoms with Gasteiger partial charge in [-0.25, -0.2) is 0 Å². The summed E-state index contributed by atoms with van der Waals surface area (Å²) in [7, 11) is 3.18. The van der Waals surface area contributed by atoms with E-state index >= 15 is 0 Å². The molecule has 0 aromatic heterocycles. The van der Waals surface area contributed by atoms with E-state index in [1.807, 2.05) is 32.0 Å². The van der Waals surface area contributed by atoms with Crippen molar-refractivity contribution in [3.8, 4) is 11.5 Å². The highest BCUT2D eigenvalue weighted by molar-refractivity contribution is 5.48. The van der Waals surface area contributed by atoms with Crippen LogP contribution in [-0.4, -0.2) is 31.9 Å². The van der Waals surface area contributed by atoms with Gasteiger partial charge in [0.25, 0.3) is 0 Å². The van der Waals surface area contributed by atoms with Crippen molar-refractivity contribution in [2.24, 2.45) is 0 Å². The first-order valence-corrected chi connectivity index (χ1v) is 6.09. The zero-order valence-electron chi connectivity index (χ0n) is 11.8. The lowest BCUT2D eigenvalue weighted by atomic mass is 9.93. The van der Waals surface area contributed by atoms with Crippen LogP contribution < -0.4 is 14.8 Å². The Bertz CT molecular complexity index is 366. The van der Waals surface area contributed by atoms with Gasteiger partial charge in [-0.05, 0) is 19.1 Å². The lowest BCUT2D eigenvalue weighted by Gasteiger charge is -2.28. The first kappa shape index (κ1) is 14.8. The summed E-state index contributed by atoms with van der Waals surface area (Å²) in [6.45, 7) is 6.26. The van der Waals surface area contributed by atoms with Gasteiger partial charge in [0.1, 0.15) is 17.1 Å². The molecule has 1 unspecified atom stereocenters.